The zero-order valence-corrected chi connectivity index (χ0v) is 12.0. The Morgan fingerprint density at radius 3 is 2.53 bits per heavy atom. The zero-order chi connectivity index (χ0) is 14.0. The lowest BCUT2D eigenvalue weighted by Gasteiger charge is -2.25. The molecule has 0 amide bonds. The molecule has 0 saturated carbocycles. The molecule has 102 valence electrons. The van der Waals surface area contributed by atoms with Crippen molar-refractivity contribution in [3.63, 3.8) is 0 Å². The molecule has 0 spiro atoms. The molecule has 0 saturated heterocycles. The van der Waals surface area contributed by atoms with Crippen molar-refractivity contribution >= 4 is 0 Å². The molecule has 0 bridgehead atoms. The van der Waals surface area contributed by atoms with Crippen molar-refractivity contribution in [2.24, 2.45) is 7.05 Å². The first-order chi connectivity index (χ1) is 8.89. The van der Waals surface area contributed by atoms with E-state index in [1.807, 2.05) is 25.2 Å². The van der Waals surface area contributed by atoms with Gasteiger partial charge in [-0.25, -0.2) is 4.98 Å². The molecule has 0 aliphatic carbocycles. The Balaban J connectivity index is 2.29. The van der Waals surface area contributed by atoms with Gasteiger partial charge in [0.25, 0.3) is 0 Å². The predicted octanol–water partition coefficient (Wildman–Crippen LogP) is 2.39. The third kappa shape index (κ3) is 3.01. The number of rotatable bonds is 3. The van der Waals surface area contributed by atoms with Crippen LogP contribution in [0.3, 0.4) is 0 Å². The van der Waals surface area contributed by atoms with E-state index in [2.05, 4.69) is 36.9 Å². The summed E-state index contributed by atoms with van der Waals surface area (Å²) in [6, 6.07) is 8.04. The van der Waals surface area contributed by atoms with Crippen molar-refractivity contribution in [3.8, 4) is 0 Å². The van der Waals surface area contributed by atoms with Crippen molar-refractivity contribution in [1.29, 1.82) is 0 Å². The molecule has 2 rings (SSSR count). The van der Waals surface area contributed by atoms with Gasteiger partial charge in [0, 0.05) is 13.5 Å². The summed E-state index contributed by atoms with van der Waals surface area (Å²) in [6.45, 7) is 6.46. The van der Waals surface area contributed by atoms with Crippen LogP contribution in [0.1, 0.15) is 43.8 Å². The lowest BCUT2D eigenvalue weighted by atomic mass is 9.82. The van der Waals surface area contributed by atoms with Gasteiger partial charge < -0.3 is 5.11 Å². The van der Waals surface area contributed by atoms with E-state index in [1.165, 1.54) is 11.9 Å². The number of aliphatic hydroxyl groups excluding tert-OH is 1. The van der Waals surface area contributed by atoms with Crippen LogP contribution in [-0.4, -0.2) is 19.9 Å². The maximum absolute atomic E-state index is 10.5. The number of nitrogens with zero attached hydrogens (tertiary/aromatic N) is 3. The molecule has 4 nitrogen and oxygen atoms in total. The number of benzene rings is 1. The summed E-state index contributed by atoms with van der Waals surface area (Å²) >= 11 is 0. The van der Waals surface area contributed by atoms with Gasteiger partial charge in [-0.05, 0) is 16.5 Å². The summed E-state index contributed by atoms with van der Waals surface area (Å²) in [5, 5.41) is 14.5. The Kier molecular flexibility index (Phi) is 3.71. The largest absolute Gasteiger partial charge is 0.388 e. The average Bonchev–Trinajstić information content (AvgIpc) is 2.74. The molecule has 1 N–H and O–H groups in total. The smallest absolute Gasteiger partial charge is 0.138 e. The minimum atomic E-state index is -0.557. The Morgan fingerprint density at radius 2 is 1.95 bits per heavy atom. The number of hydrogen-bond acceptors (Lipinski definition) is 3. The highest BCUT2D eigenvalue weighted by Crippen LogP contribution is 2.30. The number of hydrogen-bond donors (Lipinski definition) is 1. The van der Waals surface area contributed by atoms with Crippen LogP contribution in [0, 0.1) is 0 Å². The molecule has 1 heterocycles. The van der Waals surface area contributed by atoms with E-state index >= 15 is 0 Å². The summed E-state index contributed by atoms with van der Waals surface area (Å²) < 4.78 is 1.70. The SMILES string of the molecule is Cn1ncnc1CC(O)c1ccccc1C(C)(C)C. The maximum atomic E-state index is 10.5. The normalized spacial score (nSPS) is 13.5. The van der Waals surface area contributed by atoms with Crippen LogP contribution in [-0.2, 0) is 18.9 Å². The third-order valence-corrected chi connectivity index (χ3v) is 3.31. The van der Waals surface area contributed by atoms with Crippen molar-refractivity contribution < 1.29 is 5.11 Å². The Morgan fingerprint density at radius 1 is 1.26 bits per heavy atom. The highest BCUT2D eigenvalue weighted by atomic mass is 16.3. The molecule has 19 heavy (non-hydrogen) atoms. The lowest BCUT2D eigenvalue weighted by molar-refractivity contribution is 0.172. The van der Waals surface area contributed by atoms with Crippen LogP contribution in [0.25, 0.3) is 0 Å². The molecule has 4 heteroatoms. The van der Waals surface area contributed by atoms with Gasteiger partial charge in [-0.15, -0.1) is 0 Å². The summed E-state index contributed by atoms with van der Waals surface area (Å²) in [5.74, 6) is 0.788. The second-order valence-corrected chi connectivity index (χ2v) is 5.86. The molecule has 1 aromatic carbocycles. The van der Waals surface area contributed by atoms with Crippen LogP contribution in [0.15, 0.2) is 30.6 Å². The van der Waals surface area contributed by atoms with Crippen LogP contribution in [0.2, 0.25) is 0 Å². The fourth-order valence-corrected chi connectivity index (χ4v) is 2.26. The van der Waals surface area contributed by atoms with Gasteiger partial charge in [0.05, 0.1) is 6.10 Å². The Hall–Kier alpha value is -1.68. The number of aromatic nitrogens is 3. The van der Waals surface area contributed by atoms with Crippen LogP contribution < -0.4 is 0 Å². The van der Waals surface area contributed by atoms with Crippen molar-refractivity contribution in [2.75, 3.05) is 0 Å². The molecule has 1 aromatic heterocycles. The summed E-state index contributed by atoms with van der Waals surface area (Å²) in [6.07, 6.45) is 1.43. The van der Waals surface area contributed by atoms with E-state index in [0.29, 0.717) is 6.42 Å². The molecule has 1 atom stereocenters. The lowest BCUT2D eigenvalue weighted by Crippen LogP contribution is -2.17. The van der Waals surface area contributed by atoms with Gasteiger partial charge in [0.2, 0.25) is 0 Å². The van der Waals surface area contributed by atoms with Crippen LogP contribution in [0.5, 0.6) is 0 Å². The molecule has 0 radical (unpaired) electrons. The van der Waals surface area contributed by atoms with Crippen molar-refractivity contribution in [1.82, 2.24) is 14.8 Å². The topological polar surface area (TPSA) is 50.9 Å². The molecule has 2 aromatic rings. The Bertz CT molecular complexity index is 555. The van der Waals surface area contributed by atoms with E-state index in [4.69, 9.17) is 0 Å². The molecule has 1 unspecified atom stereocenters. The minimum Gasteiger partial charge on any atom is -0.388 e. The fourth-order valence-electron chi connectivity index (χ4n) is 2.26. The highest BCUT2D eigenvalue weighted by molar-refractivity contribution is 5.34. The molecule has 0 aliphatic heterocycles. The second-order valence-electron chi connectivity index (χ2n) is 5.86. The van der Waals surface area contributed by atoms with E-state index in [1.54, 1.807) is 4.68 Å². The Labute approximate surface area is 114 Å². The van der Waals surface area contributed by atoms with Crippen LogP contribution in [0.4, 0.5) is 0 Å². The average molecular weight is 259 g/mol. The first kappa shape index (κ1) is 13.7. The van der Waals surface area contributed by atoms with Gasteiger partial charge >= 0.3 is 0 Å². The summed E-state index contributed by atoms with van der Waals surface area (Å²) in [4.78, 5) is 4.16. The summed E-state index contributed by atoms with van der Waals surface area (Å²) in [7, 11) is 1.84. The van der Waals surface area contributed by atoms with Gasteiger partial charge in [-0.3, -0.25) is 4.68 Å². The van der Waals surface area contributed by atoms with Crippen LogP contribution >= 0.6 is 0 Å². The molecular formula is C15H21N3O. The van der Waals surface area contributed by atoms with Gasteiger partial charge in [-0.1, -0.05) is 45.0 Å². The van der Waals surface area contributed by atoms with Crippen molar-refractivity contribution in [2.45, 2.75) is 38.7 Å². The van der Waals surface area contributed by atoms with E-state index < -0.39 is 6.10 Å². The third-order valence-electron chi connectivity index (χ3n) is 3.31. The first-order valence-corrected chi connectivity index (χ1v) is 6.50. The van der Waals surface area contributed by atoms with Gasteiger partial charge in [-0.2, -0.15) is 5.10 Å². The van der Waals surface area contributed by atoms with Gasteiger partial charge in [0.15, 0.2) is 0 Å². The predicted molar refractivity (Wildman–Crippen MR) is 74.8 cm³/mol. The first-order valence-electron chi connectivity index (χ1n) is 6.50. The van der Waals surface area contributed by atoms with E-state index in [9.17, 15) is 5.11 Å². The maximum Gasteiger partial charge on any atom is 0.138 e. The molecular weight excluding hydrogens is 238 g/mol. The monoisotopic (exact) mass is 259 g/mol. The van der Waals surface area contributed by atoms with E-state index in [0.717, 1.165) is 11.4 Å². The zero-order valence-electron chi connectivity index (χ0n) is 12.0. The molecule has 0 fully saturated rings. The molecule has 0 aliphatic rings. The quantitative estimate of drug-likeness (QED) is 0.920. The van der Waals surface area contributed by atoms with Gasteiger partial charge in [0.1, 0.15) is 12.2 Å². The summed E-state index contributed by atoms with van der Waals surface area (Å²) in [5.41, 5.74) is 2.15. The van der Waals surface area contributed by atoms with Crippen molar-refractivity contribution in [3.05, 3.63) is 47.5 Å². The van der Waals surface area contributed by atoms with E-state index in [-0.39, 0.29) is 5.41 Å². The second kappa shape index (κ2) is 5.13. The number of aliphatic hydroxyl groups is 1. The highest BCUT2D eigenvalue weighted by Gasteiger charge is 2.22. The fraction of sp³-hybridized carbons (Fsp3) is 0.467. The minimum absolute atomic E-state index is 0.0114. The number of aryl methyl sites for hydroxylation is 1. The standard InChI is InChI=1S/C15H21N3O/c1-15(2,3)12-8-6-5-7-11(12)13(19)9-14-16-10-17-18(14)4/h5-8,10,13,19H,9H2,1-4H3.